The Morgan fingerprint density at radius 3 is 2.32 bits per heavy atom. The van der Waals surface area contributed by atoms with Crippen LogP contribution < -0.4 is 10.6 Å². The Kier molecular flexibility index (Phi) is 6.15. The van der Waals surface area contributed by atoms with Gasteiger partial charge in [-0.1, -0.05) is 58.4 Å². The van der Waals surface area contributed by atoms with Gasteiger partial charge < -0.3 is 10.6 Å². The van der Waals surface area contributed by atoms with Crippen molar-refractivity contribution >= 4 is 27.7 Å². The lowest BCUT2D eigenvalue weighted by atomic mass is 10.1. The second-order valence-electron chi connectivity index (χ2n) is 4.85. The summed E-state index contributed by atoms with van der Waals surface area (Å²) in [4.78, 5) is 23.5. The molecule has 5 heteroatoms. The molecule has 0 atom stereocenters. The van der Waals surface area contributed by atoms with Crippen LogP contribution in [0, 0.1) is 0 Å². The summed E-state index contributed by atoms with van der Waals surface area (Å²) >= 11 is 3.38. The molecular formula is C17H17BrN2O2. The van der Waals surface area contributed by atoms with Gasteiger partial charge >= 0.3 is 0 Å². The molecule has 2 amide bonds. The minimum Gasteiger partial charge on any atom is -0.350 e. The first-order valence-electron chi connectivity index (χ1n) is 6.95. The van der Waals surface area contributed by atoms with Crippen molar-refractivity contribution in [2.24, 2.45) is 0 Å². The van der Waals surface area contributed by atoms with E-state index in [-0.39, 0.29) is 24.8 Å². The zero-order valence-corrected chi connectivity index (χ0v) is 13.6. The van der Waals surface area contributed by atoms with Crippen LogP contribution in [0.5, 0.6) is 0 Å². The molecule has 0 unspecified atom stereocenters. The molecule has 114 valence electrons. The van der Waals surface area contributed by atoms with Crippen molar-refractivity contribution in [1.82, 2.24) is 10.6 Å². The standard InChI is InChI=1S/C17H17BrN2O2/c18-15-8-4-7-14(9-15)11-19-17(22)12-20-16(21)10-13-5-2-1-3-6-13/h1-9H,10-12H2,(H,19,22)(H,20,21). The molecule has 2 aromatic carbocycles. The van der Waals surface area contributed by atoms with Gasteiger partial charge in [0.05, 0.1) is 13.0 Å². The maximum absolute atomic E-state index is 11.7. The van der Waals surface area contributed by atoms with Gasteiger partial charge in [0.2, 0.25) is 11.8 Å². The molecule has 0 aromatic heterocycles. The molecule has 0 saturated heterocycles. The molecule has 0 fully saturated rings. The van der Waals surface area contributed by atoms with Crippen LogP contribution >= 0.6 is 15.9 Å². The Balaban J connectivity index is 1.70. The first kappa shape index (κ1) is 16.2. The number of rotatable bonds is 6. The summed E-state index contributed by atoms with van der Waals surface area (Å²) in [7, 11) is 0. The first-order valence-corrected chi connectivity index (χ1v) is 7.74. The fourth-order valence-corrected chi connectivity index (χ4v) is 2.38. The van der Waals surface area contributed by atoms with E-state index in [9.17, 15) is 9.59 Å². The predicted molar refractivity (Wildman–Crippen MR) is 89.1 cm³/mol. The van der Waals surface area contributed by atoms with E-state index in [0.717, 1.165) is 15.6 Å². The summed E-state index contributed by atoms with van der Waals surface area (Å²) in [5, 5.41) is 5.39. The topological polar surface area (TPSA) is 58.2 Å². The summed E-state index contributed by atoms with van der Waals surface area (Å²) in [6, 6.07) is 17.1. The maximum Gasteiger partial charge on any atom is 0.239 e. The number of carbonyl (C=O) groups is 2. The SMILES string of the molecule is O=C(CNC(=O)Cc1ccccc1)NCc1cccc(Br)c1. The van der Waals surface area contributed by atoms with Gasteiger partial charge in [0.25, 0.3) is 0 Å². The van der Waals surface area contributed by atoms with E-state index >= 15 is 0 Å². The van der Waals surface area contributed by atoms with Crippen molar-refractivity contribution < 1.29 is 9.59 Å². The van der Waals surface area contributed by atoms with E-state index in [1.807, 2.05) is 54.6 Å². The van der Waals surface area contributed by atoms with Crippen molar-refractivity contribution in [2.75, 3.05) is 6.54 Å². The summed E-state index contributed by atoms with van der Waals surface area (Å²) in [5.74, 6) is -0.370. The summed E-state index contributed by atoms with van der Waals surface area (Å²) in [6.07, 6.45) is 0.278. The monoisotopic (exact) mass is 360 g/mol. The molecule has 0 aliphatic carbocycles. The van der Waals surface area contributed by atoms with Gasteiger partial charge in [-0.05, 0) is 23.3 Å². The highest BCUT2D eigenvalue weighted by Crippen LogP contribution is 2.11. The van der Waals surface area contributed by atoms with Crippen molar-refractivity contribution in [2.45, 2.75) is 13.0 Å². The van der Waals surface area contributed by atoms with E-state index < -0.39 is 0 Å². The third-order valence-electron chi connectivity index (χ3n) is 3.03. The van der Waals surface area contributed by atoms with Crippen LogP contribution in [0.2, 0.25) is 0 Å². The molecular weight excluding hydrogens is 344 g/mol. The second-order valence-corrected chi connectivity index (χ2v) is 5.76. The Morgan fingerprint density at radius 1 is 0.864 bits per heavy atom. The smallest absolute Gasteiger partial charge is 0.239 e. The van der Waals surface area contributed by atoms with Crippen LogP contribution in [-0.4, -0.2) is 18.4 Å². The lowest BCUT2D eigenvalue weighted by Crippen LogP contribution is -2.37. The highest BCUT2D eigenvalue weighted by Gasteiger charge is 2.06. The number of carbonyl (C=O) groups excluding carboxylic acids is 2. The van der Waals surface area contributed by atoms with E-state index in [4.69, 9.17) is 0 Å². The van der Waals surface area contributed by atoms with Crippen molar-refractivity contribution in [3.63, 3.8) is 0 Å². The summed E-state index contributed by atoms with van der Waals surface area (Å²) in [6.45, 7) is 0.423. The van der Waals surface area contributed by atoms with Crippen LogP contribution in [-0.2, 0) is 22.6 Å². The van der Waals surface area contributed by atoms with Crippen LogP contribution in [0.15, 0.2) is 59.1 Å². The Bertz CT molecular complexity index is 644. The average Bonchev–Trinajstić information content (AvgIpc) is 2.52. The number of hydrogen-bond acceptors (Lipinski definition) is 2. The normalized spacial score (nSPS) is 10.0. The van der Waals surface area contributed by atoms with Crippen LogP contribution in [0.1, 0.15) is 11.1 Å². The summed E-state index contributed by atoms with van der Waals surface area (Å²) < 4.78 is 0.968. The molecule has 0 radical (unpaired) electrons. The molecule has 2 rings (SSSR count). The molecule has 0 spiro atoms. The van der Waals surface area contributed by atoms with Gasteiger partial charge in [-0.3, -0.25) is 9.59 Å². The third-order valence-corrected chi connectivity index (χ3v) is 3.53. The van der Waals surface area contributed by atoms with Gasteiger partial charge in [-0.15, -0.1) is 0 Å². The minimum absolute atomic E-state index is 0.0142. The highest BCUT2D eigenvalue weighted by atomic mass is 79.9. The molecule has 0 aliphatic rings. The van der Waals surface area contributed by atoms with E-state index in [2.05, 4.69) is 26.6 Å². The van der Waals surface area contributed by atoms with Gasteiger partial charge in [0.1, 0.15) is 0 Å². The van der Waals surface area contributed by atoms with Crippen LogP contribution in [0.4, 0.5) is 0 Å². The lowest BCUT2D eigenvalue weighted by molar-refractivity contribution is -0.125. The van der Waals surface area contributed by atoms with Crippen molar-refractivity contribution in [3.8, 4) is 0 Å². The number of amides is 2. The van der Waals surface area contributed by atoms with Crippen molar-refractivity contribution in [3.05, 3.63) is 70.2 Å². The fraction of sp³-hybridized carbons (Fsp3) is 0.176. The molecule has 0 heterocycles. The zero-order chi connectivity index (χ0) is 15.8. The van der Waals surface area contributed by atoms with Crippen molar-refractivity contribution in [1.29, 1.82) is 0 Å². The molecule has 22 heavy (non-hydrogen) atoms. The number of nitrogens with one attached hydrogen (secondary N) is 2. The van der Waals surface area contributed by atoms with Gasteiger partial charge in [0, 0.05) is 11.0 Å². The number of halogens is 1. The Hall–Kier alpha value is -2.14. The van der Waals surface area contributed by atoms with E-state index in [1.165, 1.54) is 0 Å². The fourth-order valence-electron chi connectivity index (χ4n) is 1.93. The second kappa shape index (κ2) is 8.34. The maximum atomic E-state index is 11.7. The molecule has 2 N–H and O–H groups in total. The number of hydrogen-bond donors (Lipinski definition) is 2. The highest BCUT2D eigenvalue weighted by molar-refractivity contribution is 9.10. The quantitative estimate of drug-likeness (QED) is 0.830. The molecule has 0 aliphatic heterocycles. The summed E-state index contributed by atoms with van der Waals surface area (Å²) in [5.41, 5.74) is 1.92. The minimum atomic E-state index is -0.207. The van der Waals surface area contributed by atoms with E-state index in [0.29, 0.717) is 6.54 Å². The average molecular weight is 361 g/mol. The Labute approximate surface area is 138 Å². The molecule has 4 nitrogen and oxygen atoms in total. The molecule has 0 saturated carbocycles. The van der Waals surface area contributed by atoms with Gasteiger partial charge in [-0.2, -0.15) is 0 Å². The Morgan fingerprint density at radius 2 is 1.59 bits per heavy atom. The predicted octanol–water partition coefficient (Wildman–Crippen LogP) is 2.42. The largest absolute Gasteiger partial charge is 0.350 e. The van der Waals surface area contributed by atoms with Gasteiger partial charge in [0.15, 0.2) is 0 Å². The third kappa shape index (κ3) is 5.69. The molecule has 2 aromatic rings. The van der Waals surface area contributed by atoms with Crippen LogP contribution in [0.3, 0.4) is 0 Å². The first-order chi connectivity index (χ1) is 10.6. The number of benzene rings is 2. The van der Waals surface area contributed by atoms with E-state index in [1.54, 1.807) is 0 Å². The van der Waals surface area contributed by atoms with Crippen LogP contribution in [0.25, 0.3) is 0 Å². The zero-order valence-electron chi connectivity index (χ0n) is 12.0. The molecule has 0 bridgehead atoms. The lowest BCUT2D eigenvalue weighted by Gasteiger charge is -2.07. The van der Waals surface area contributed by atoms with Gasteiger partial charge in [-0.25, -0.2) is 0 Å².